The fourth-order valence-electron chi connectivity index (χ4n) is 2.82. The lowest BCUT2D eigenvalue weighted by molar-refractivity contribution is 0.541. The highest BCUT2D eigenvalue weighted by atomic mass is 127. The van der Waals surface area contributed by atoms with Gasteiger partial charge in [0, 0.05) is 5.54 Å². The van der Waals surface area contributed by atoms with Gasteiger partial charge in [0.1, 0.15) is 0 Å². The summed E-state index contributed by atoms with van der Waals surface area (Å²) in [5.41, 5.74) is 8.77. The summed E-state index contributed by atoms with van der Waals surface area (Å²) in [6, 6.07) is 8.65. The average Bonchev–Trinajstić information content (AvgIpc) is 2.41. The molecule has 0 fully saturated rings. The van der Waals surface area contributed by atoms with Crippen LogP contribution in [0.3, 0.4) is 0 Å². The molecular weight excluding hydrogens is 369 g/mol. The maximum atomic E-state index is 6.26. The molecule has 0 atom stereocenters. The standard InChI is InChI=1S/C19H33N.HI/c1-4-5-6-7-8-9-10-11-14-17-15-12-13-16-18(17)19(2,3)20;/h12-13,15-16H,4-11,14,20H2,1-3H3;1H. The minimum atomic E-state index is -0.225. The van der Waals surface area contributed by atoms with E-state index in [-0.39, 0.29) is 29.5 Å². The summed E-state index contributed by atoms with van der Waals surface area (Å²) in [6.07, 6.45) is 12.2. The van der Waals surface area contributed by atoms with E-state index >= 15 is 0 Å². The Morgan fingerprint density at radius 2 is 1.38 bits per heavy atom. The van der Waals surface area contributed by atoms with Crippen LogP contribution in [0.4, 0.5) is 0 Å². The molecule has 0 radical (unpaired) electrons. The van der Waals surface area contributed by atoms with Crippen LogP contribution in [0, 0.1) is 0 Å². The molecule has 0 bridgehead atoms. The zero-order chi connectivity index (χ0) is 14.8. The van der Waals surface area contributed by atoms with Gasteiger partial charge in [0.25, 0.3) is 0 Å². The third kappa shape index (κ3) is 8.82. The molecule has 0 aliphatic carbocycles. The first-order chi connectivity index (χ1) is 9.55. The minimum Gasteiger partial charge on any atom is -0.322 e. The molecule has 0 spiro atoms. The van der Waals surface area contributed by atoms with Gasteiger partial charge >= 0.3 is 0 Å². The van der Waals surface area contributed by atoms with Crippen molar-refractivity contribution < 1.29 is 0 Å². The van der Waals surface area contributed by atoms with Gasteiger partial charge in [-0.05, 0) is 37.8 Å². The predicted octanol–water partition coefficient (Wildman–Crippen LogP) is 6.18. The quantitative estimate of drug-likeness (QED) is 0.366. The highest BCUT2D eigenvalue weighted by molar-refractivity contribution is 14.0. The van der Waals surface area contributed by atoms with Crippen LogP contribution in [0.25, 0.3) is 0 Å². The van der Waals surface area contributed by atoms with Gasteiger partial charge in [0.2, 0.25) is 0 Å². The molecule has 1 aromatic rings. The largest absolute Gasteiger partial charge is 0.322 e. The van der Waals surface area contributed by atoms with Crippen LogP contribution in [0.15, 0.2) is 24.3 Å². The van der Waals surface area contributed by atoms with Gasteiger partial charge in [-0.1, -0.05) is 76.1 Å². The van der Waals surface area contributed by atoms with E-state index in [0.717, 1.165) is 0 Å². The first-order valence-electron chi connectivity index (χ1n) is 8.43. The van der Waals surface area contributed by atoms with Gasteiger partial charge in [-0.2, -0.15) is 0 Å². The van der Waals surface area contributed by atoms with E-state index < -0.39 is 0 Å². The number of benzene rings is 1. The SMILES string of the molecule is CCCCCCCCCCc1ccccc1C(C)(C)N.I. The second-order valence-electron chi connectivity index (χ2n) is 6.60. The van der Waals surface area contributed by atoms with Crippen molar-refractivity contribution in [3.8, 4) is 0 Å². The lowest BCUT2D eigenvalue weighted by atomic mass is 9.89. The summed E-state index contributed by atoms with van der Waals surface area (Å²) in [5.74, 6) is 0. The molecule has 21 heavy (non-hydrogen) atoms. The molecule has 0 unspecified atom stereocenters. The van der Waals surface area contributed by atoms with E-state index in [4.69, 9.17) is 5.73 Å². The van der Waals surface area contributed by atoms with E-state index in [0.29, 0.717) is 0 Å². The zero-order valence-electron chi connectivity index (χ0n) is 14.2. The van der Waals surface area contributed by atoms with E-state index in [1.807, 2.05) is 0 Å². The smallest absolute Gasteiger partial charge is 0.0355 e. The monoisotopic (exact) mass is 403 g/mol. The molecule has 2 N–H and O–H groups in total. The third-order valence-corrected chi connectivity index (χ3v) is 4.01. The maximum absolute atomic E-state index is 6.26. The second kappa shape index (κ2) is 11.5. The van der Waals surface area contributed by atoms with Crippen LogP contribution in [-0.2, 0) is 12.0 Å². The van der Waals surface area contributed by atoms with E-state index in [2.05, 4.69) is 45.0 Å². The van der Waals surface area contributed by atoms with E-state index in [1.165, 1.54) is 68.9 Å². The van der Waals surface area contributed by atoms with Crippen LogP contribution in [0.1, 0.15) is 83.3 Å². The summed E-state index contributed by atoms with van der Waals surface area (Å²) in [4.78, 5) is 0. The Kier molecular flexibility index (Phi) is 11.4. The van der Waals surface area contributed by atoms with Crippen molar-refractivity contribution in [1.29, 1.82) is 0 Å². The van der Waals surface area contributed by atoms with Crippen LogP contribution in [0.2, 0.25) is 0 Å². The molecule has 1 nitrogen and oxygen atoms in total. The predicted molar refractivity (Wildman–Crippen MR) is 105 cm³/mol. The topological polar surface area (TPSA) is 26.0 Å². The lowest BCUT2D eigenvalue weighted by Gasteiger charge is -2.22. The number of halogens is 1. The summed E-state index contributed by atoms with van der Waals surface area (Å²) >= 11 is 0. The fraction of sp³-hybridized carbons (Fsp3) is 0.684. The molecule has 0 aromatic heterocycles. The highest BCUT2D eigenvalue weighted by Crippen LogP contribution is 2.23. The van der Waals surface area contributed by atoms with Crippen molar-refractivity contribution in [2.75, 3.05) is 0 Å². The van der Waals surface area contributed by atoms with Crippen molar-refractivity contribution in [3.05, 3.63) is 35.4 Å². The van der Waals surface area contributed by atoms with Gasteiger partial charge in [0.05, 0.1) is 0 Å². The van der Waals surface area contributed by atoms with Crippen molar-refractivity contribution in [1.82, 2.24) is 0 Å². The number of unbranched alkanes of at least 4 members (excludes halogenated alkanes) is 7. The number of rotatable bonds is 10. The van der Waals surface area contributed by atoms with Gasteiger partial charge in [-0.3, -0.25) is 0 Å². The summed E-state index contributed by atoms with van der Waals surface area (Å²) in [7, 11) is 0. The van der Waals surface area contributed by atoms with Crippen LogP contribution >= 0.6 is 24.0 Å². The summed E-state index contributed by atoms with van der Waals surface area (Å²) < 4.78 is 0. The van der Waals surface area contributed by atoms with Crippen LogP contribution in [0.5, 0.6) is 0 Å². The molecule has 0 saturated heterocycles. The van der Waals surface area contributed by atoms with Crippen LogP contribution < -0.4 is 5.73 Å². The van der Waals surface area contributed by atoms with Gasteiger partial charge in [-0.15, -0.1) is 24.0 Å². The molecule has 0 aliphatic heterocycles. The van der Waals surface area contributed by atoms with Crippen LogP contribution in [-0.4, -0.2) is 0 Å². The Hall–Kier alpha value is -0.0900. The second-order valence-corrected chi connectivity index (χ2v) is 6.60. The molecule has 0 heterocycles. The average molecular weight is 403 g/mol. The summed E-state index contributed by atoms with van der Waals surface area (Å²) in [5, 5.41) is 0. The molecule has 1 rings (SSSR count). The molecule has 1 aromatic carbocycles. The maximum Gasteiger partial charge on any atom is 0.0355 e. The third-order valence-electron chi connectivity index (χ3n) is 4.01. The number of hydrogen-bond donors (Lipinski definition) is 1. The normalized spacial score (nSPS) is 11.2. The molecule has 2 heteroatoms. The molecular formula is C19H34IN. The van der Waals surface area contributed by atoms with Crippen molar-refractivity contribution in [3.63, 3.8) is 0 Å². The Balaban J connectivity index is 0.00000400. The molecule has 122 valence electrons. The molecule has 0 aliphatic rings. The van der Waals surface area contributed by atoms with Crippen molar-refractivity contribution >= 4 is 24.0 Å². The Bertz CT molecular complexity index is 368. The summed E-state index contributed by atoms with van der Waals surface area (Å²) in [6.45, 7) is 6.47. The Morgan fingerprint density at radius 3 is 1.95 bits per heavy atom. The van der Waals surface area contributed by atoms with Crippen molar-refractivity contribution in [2.24, 2.45) is 5.73 Å². The van der Waals surface area contributed by atoms with Gasteiger partial charge < -0.3 is 5.73 Å². The Morgan fingerprint density at radius 1 is 0.857 bits per heavy atom. The lowest BCUT2D eigenvalue weighted by Crippen LogP contribution is -2.30. The first kappa shape index (κ1) is 20.9. The minimum absolute atomic E-state index is 0. The number of nitrogens with two attached hydrogens (primary N) is 1. The van der Waals surface area contributed by atoms with E-state index in [9.17, 15) is 0 Å². The first-order valence-corrected chi connectivity index (χ1v) is 8.43. The zero-order valence-corrected chi connectivity index (χ0v) is 16.5. The number of hydrogen-bond acceptors (Lipinski definition) is 1. The number of aryl methyl sites for hydroxylation is 1. The van der Waals surface area contributed by atoms with Gasteiger partial charge in [0.15, 0.2) is 0 Å². The Labute approximate surface area is 149 Å². The van der Waals surface area contributed by atoms with Gasteiger partial charge in [-0.25, -0.2) is 0 Å². The fourth-order valence-corrected chi connectivity index (χ4v) is 2.82. The molecule has 0 saturated carbocycles. The van der Waals surface area contributed by atoms with Crippen molar-refractivity contribution in [2.45, 2.75) is 84.1 Å². The molecule has 0 amide bonds. The highest BCUT2D eigenvalue weighted by Gasteiger charge is 2.17. The van der Waals surface area contributed by atoms with E-state index in [1.54, 1.807) is 0 Å².